The lowest BCUT2D eigenvalue weighted by atomic mass is 9.97. The number of amides is 4. The summed E-state index contributed by atoms with van der Waals surface area (Å²) >= 11 is 0. The second-order valence-corrected chi connectivity index (χ2v) is 15.9. The van der Waals surface area contributed by atoms with Crippen LogP contribution in [0, 0.1) is 0 Å². The van der Waals surface area contributed by atoms with Crippen LogP contribution in [0.25, 0.3) is 0 Å². The summed E-state index contributed by atoms with van der Waals surface area (Å²) in [4.78, 5) is 66.6. The molecule has 7 N–H and O–H groups in total. The molecule has 0 radical (unpaired) electrons. The Morgan fingerprint density at radius 2 is 1.41 bits per heavy atom. The van der Waals surface area contributed by atoms with Gasteiger partial charge >= 0.3 is 7.60 Å². The molecule has 22 nitrogen and oxygen atoms in total. The van der Waals surface area contributed by atoms with Crippen molar-refractivity contribution in [2.45, 2.75) is 82.2 Å². The van der Waals surface area contributed by atoms with E-state index in [1.54, 1.807) is 16.8 Å². The van der Waals surface area contributed by atoms with Crippen LogP contribution in [0.3, 0.4) is 0 Å². The highest BCUT2D eigenvalue weighted by molar-refractivity contribution is 7.51. The first-order chi connectivity index (χ1) is 29.3. The predicted octanol–water partition coefficient (Wildman–Crippen LogP) is -0.728. The van der Waals surface area contributed by atoms with Gasteiger partial charge in [-0.25, -0.2) is 4.68 Å². The van der Waals surface area contributed by atoms with E-state index in [1.807, 2.05) is 6.20 Å². The Balaban J connectivity index is 0.933. The Morgan fingerprint density at radius 3 is 2.07 bits per heavy atom. The number of imide groups is 1. The molecule has 2 aliphatic heterocycles. The minimum absolute atomic E-state index is 0.123. The van der Waals surface area contributed by atoms with E-state index in [1.165, 1.54) is 24.3 Å². The number of ether oxygens (including phenoxy) is 6. The maximum atomic E-state index is 12.5. The van der Waals surface area contributed by atoms with Crippen molar-refractivity contribution in [3.8, 4) is 5.75 Å². The van der Waals surface area contributed by atoms with Crippen molar-refractivity contribution in [1.82, 2.24) is 25.2 Å². The molecule has 0 saturated carbocycles. The van der Waals surface area contributed by atoms with E-state index in [2.05, 4.69) is 20.9 Å². The minimum atomic E-state index is -4.37. The standard InChI is InChI=1S/C38H57N6O16P/c45-31(39-14-15-44-33(47)10-11-34(44)48)12-17-55-19-21-57-23-24-58-22-20-56-18-16-43-26-28(41-42-43)4-2-1-3-5-32(46)40-27-6-8-29(9-7-27)59-38-37(51)36(50)35(49)30(60-38)13-25-61(52,53)54/h6-11,26,30,35-38,49-51H,1-5,12-25H2,(H,39,45)(H,40,46)(H2,52,53,54)/t30-,35-,36+,37+,38+/m1/s1. The van der Waals surface area contributed by atoms with Gasteiger partial charge in [-0.2, -0.15) is 0 Å². The first-order valence-corrected chi connectivity index (χ1v) is 21.9. The number of unbranched alkanes of at least 4 members (excludes halogenated alkanes) is 2. The van der Waals surface area contributed by atoms with Gasteiger partial charge in [0.25, 0.3) is 11.8 Å². The van der Waals surface area contributed by atoms with Gasteiger partial charge in [-0.3, -0.25) is 28.6 Å². The van der Waals surface area contributed by atoms with E-state index in [0.29, 0.717) is 71.3 Å². The number of aryl methyl sites for hydroxylation is 1. The van der Waals surface area contributed by atoms with E-state index in [9.17, 15) is 39.1 Å². The van der Waals surface area contributed by atoms with Crippen LogP contribution < -0.4 is 15.4 Å². The predicted molar refractivity (Wildman–Crippen MR) is 213 cm³/mol. The summed E-state index contributed by atoms with van der Waals surface area (Å²) in [5, 5.41) is 44.4. The van der Waals surface area contributed by atoms with E-state index >= 15 is 0 Å². The van der Waals surface area contributed by atoms with Crippen LogP contribution in [0.4, 0.5) is 5.69 Å². The Labute approximate surface area is 352 Å². The molecular formula is C38H57N6O16P. The average Bonchev–Trinajstić information content (AvgIpc) is 3.82. The molecule has 2 aliphatic rings. The van der Waals surface area contributed by atoms with Crippen molar-refractivity contribution in [2.24, 2.45) is 0 Å². The zero-order chi connectivity index (χ0) is 44.0. The second kappa shape index (κ2) is 26.3. The van der Waals surface area contributed by atoms with Gasteiger partial charge < -0.3 is 64.2 Å². The monoisotopic (exact) mass is 884 g/mol. The van der Waals surface area contributed by atoms with Crippen molar-refractivity contribution in [1.29, 1.82) is 0 Å². The fourth-order valence-electron chi connectivity index (χ4n) is 5.98. The maximum absolute atomic E-state index is 12.5. The van der Waals surface area contributed by atoms with Crippen LogP contribution in [0.5, 0.6) is 5.75 Å². The molecule has 1 aromatic carbocycles. The molecule has 1 fully saturated rings. The SMILES string of the molecule is O=C(CCOCCOCCOCCOCCn1cc(CCCCCC(=O)Nc2ccc(O[C@H]3O[C@H](CCP(=O)(O)O)[C@@H](O)[C@H](O)[C@@H]3O)cc2)nn1)NCCN1C(=O)C=CC1=O. The first-order valence-electron chi connectivity index (χ1n) is 20.1. The Bertz CT molecular complexity index is 1720. The van der Waals surface area contributed by atoms with Gasteiger partial charge in [-0.05, 0) is 49.9 Å². The zero-order valence-electron chi connectivity index (χ0n) is 33.8. The molecule has 4 amide bonds. The molecule has 1 saturated heterocycles. The third-order valence-corrected chi connectivity index (χ3v) is 10.1. The Kier molecular flexibility index (Phi) is 21.3. The lowest BCUT2D eigenvalue weighted by Crippen LogP contribution is -2.59. The van der Waals surface area contributed by atoms with Gasteiger partial charge in [0.1, 0.15) is 24.1 Å². The van der Waals surface area contributed by atoms with Crippen LogP contribution in [-0.4, -0.2) is 171 Å². The largest absolute Gasteiger partial charge is 0.462 e. The number of hydrogen-bond donors (Lipinski definition) is 7. The quantitative estimate of drug-likeness (QED) is 0.0289. The topological polar surface area (TPSA) is 300 Å². The molecule has 0 spiro atoms. The number of carbonyl (C=O) groups is 4. The van der Waals surface area contributed by atoms with E-state index in [-0.39, 0.29) is 61.9 Å². The summed E-state index contributed by atoms with van der Waals surface area (Å²) in [6.07, 6.45) is -0.474. The maximum Gasteiger partial charge on any atom is 0.325 e. The van der Waals surface area contributed by atoms with Crippen LogP contribution in [0.1, 0.15) is 44.2 Å². The molecule has 4 rings (SSSR count). The van der Waals surface area contributed by atoms with Crippen molar-refractivity contribution < 1.29 is 77.3 Å². The summed E-state index contributed by atoms with van der Waals surface area (Å²) < 4.78 is 46.0. The summed E-state index contributed by atoms with van der Waals surface area (Å²) in [6, 6.07) is 6.22. The average molecular weight is 885 g/mol. The van der Waals surface area contributed by atoms with Crippen molar-refractivity contribution in [3.05, 3.63) is 48.3 Å². The van der Waals surface area contributed by atoms with E-state index in [4.69, 9.17) is 38.2 Å². The van der Waals surface area contributed by atoms with Gasteiger partial charge in [-0.1, -0.05) is 11.6 Å². The normalized spacial score (nSPS) is 20.3. The number of carbonyl (C=O) groups excluding carboxylic acids is 4. The smallest absolute Gasteiger partial charge is 0.325 e. The fraction of sp³-hybridized carbons (Fsp3) is 0.632. The third kappa shape index (κ3) is 18.8. The highest BCUT2D eigenvalue weighted by Crippen LogP contribution is 2.37. The number of aromatic nitrogens is 3. The molecule has 5 atom stereocenters. The van der Waals surface area contributed by atoms with Crippen molar-refractivity contribution in [2.75, 3.05) is 77.4 Å². The summed E-state index contributed by atoms with van der Waals surface area (Å²) in [6.45, 7) is 3.79. The first kappa shape index (κ1) is 49.5. The fourth-order valence-corrected chi connectivity index (χ4v) is 6.58. The number of nitrogens with one attached hydrogen (secondary N) is 2. The van der Waals surface area contributed by atoms with Crippen LogP contribution in [-0.2, 0) is 60.4 Å². The molecule has 3 heterocycles. The van der Waals surface area contributed by atoms with E-state index < -0.39 is 44.5 Å². The highest BCUT2D eigenvalue weighted by Gasteiger charge is 2.45. The molecule has 340 valence electrons. The number of aliphatic hydroxyl groups is 3. The van der Waals surface area contributed by atoms with Crippen LogP contribution >= 0.6 is 7.60 Å². The number of nitrogens with zero attached hydrogens (tertiary/aromatic N) is 4. The van der Waals surface area contributed by atoms with E-state index in [0.717, 1.165) is 29.9 Å². The molecule has 0 bridgehead atoms. The van der Waals surface area contributed by atoms with Gasteiger partial charge in [-0.15, -0.1) is 5.10 Å². The van der Waals surface area contributed by atoms with Crippen LogP contribution in [0.15, 0.2) is 42.6 Å². The number of hydrogen-bond acceptors (Lipinski definition) is 16. The molecule has 2 aromatic rings. The molecular weight excluding hydrogens is 827 g/mol. The number of rotatable bonds is 30. The van der Waals surface area contributed by atoms with Gasteiger partial charge in [0.05, 0.1) is 77.4 Å². The Hall–Kier alpha value is -4.19. The summed E-state index contributed by atoms with van der Waals surface area (Å²) in [5.74, 6) is -0.937. The molecule has 0 unspecified atom stereocenters. The third-order valence-electron chi connectivity index (χ3n) is 9.30. The minimum Gasteiger partial charge on any atom is -0.462 e. The van der Waals surface area contributed by atoms with Crippen LogP contribution in [0.2, 0.25) is 0 Å². The number of anilines is 1. The summed E-state index contributed by atoms with van der Waals surface area (Å²) in [5.41, 5.74) is 1.36. The van der Waals surface area contributed by atoms with Crippen molar-refractivity contribution in [3.63, 3.8) is 0 Å². The molecule has 0 aliphatic carbocycles. The zero-order valence-corrected chi connectivity index (χ0v) is 34.7. The number of benzene rings is 1. The number of aliphatic hydroxyl groups excluding tert-OH is 3. The van der Waals surface area contributed by atoms with Gasteiger partial charge in [0.15, 0.2) is 0 Å². The Morgan fingerprint density at radius 1 is 0.770 bits per heavy atom. The van der Waals surface area contributed by atoms with Gasteiger partial charge in [0, 0.05) is 50.0 Å². The summed E-state index contributed by atoms with van der Waals surface area (Å²) in [7, 11) is -4.37. The second-order valence-electron chi connectivity index (χ2n) is 14.1. The van der Waals surface area contributed by atoms with Gasteiger partial charge in [0.2, 0.25) is 18.1 Å². The molecule has 1 aromatic heterocycles. The molecule has 23 heteroatoms. The van der Waals surface area contributed by atoms with Crippen molar-refractivity contribution >= 4 is 36.9 Å². The lowest BCUT2D eigenvalue weighted by Gasteiger charge is -2.40. The lowest BCUT2D eigenvalue weighted by molar-refractivity contribution is -0.272. The molecule has 61 heavy (non-hydrogen) atoms. The highest BCUT2D eigenvalue weighted by atomic mass is 31.2.